The molecule has 16 heavy (non-hydrogen) atoms. The topological polar surface area (TPSA) is 89.7 Å². The molecule has 0 aromatic carbocycles. The van der Waals surface area contributed by atoms with Gasteiger partial charge in [0.15, 0.2) is 0 Å². The minimum absolute atomic E-state index is 0.0349. The van der Waals surface area contributed by atoms with Gasteiger partial charge in [0, 0.05) is 20.1 Å². The Hall–Kier alpha value is -0.660. The Balaban J connectivity index is 2.89. The average molecular weight is 250 g/mol. The van der Waals surface area contributed by atoms with Gasteiger partial charge in [-0.25, -0.2) is 8.42 Å². The summed E-state index contributed by atoms with van der Waals surface area (Å²) in [4.78, 5) is 11.2. The molecule has 2 N–H and O–H groups in total. The third kappa shape index (κ3) is 2.72. The van der Waals surface area contributed by atoms with Crippen molar-refractivity contribution in [1.82, 2.24) is 4.31 Å². The summed E-state index contributed by atoms with van der Waals surface area (Å²) in [5.41, 5.74) is 5.20. The Morgan fingerprint density at radius 1 is 1.56 bits per heavy atom. The van der Waals surface area contributed by atoms with Crippen molar-refractivity contribution in [3.8, 4) is 0 Å². The van der Waals surface area contributed by atoms with E-state index in [0.717, 1.165) is 0 Å². The summed E-state index contributed by atoms with van der Waals surface area (Å²) in [6.07, 6.45) is 0.612. The van der Waals surface area contributed by atoms with Crippen LogP contribution >= 0.6 is 0 Å². The number of hydrogen-bond acceptors (Lipinski definition) is 4. The molecule has 1 aliphatic rings. The van der Waals surface area contributed by atoms with E-state index in [9.17, 15) is 13.2 Å². The molecule has 7 heteroatoms. The molecule has 0 spiro atoms. The molecule has 6 nitrogen and oxygen atoms in total. The second-order valence-corrected chi connectivity index (χ2v) is 5.94. The van der Waals surface area contributed by atoms with E-state index in [-0.39, 0.29) is 18.4 Å². The molecule has 1 saturated heterocycles. The minimum Gasteiger partial charge on any atom is -0.380 e. The van der Waals surface area contributed by atoms with Crippen LogP contribution in [0.5, 0.6) is 0 Å². The maximum Gasteiger partial charge on any atom is 0.235 e. The molecule has 94 valence electrons. The lowest BCUT2D eigenvalue weighted by Crippen LogP contribution is -2.44. The first-order valence-corrected chi connectivity index (χ1v) is 6.85. The van der Waals surface area contributed by atoms with Gasteiger partial charge in [-0.15, -0.1) is 0 Å². The van der Waals surface area contributed by atoms with Gasteiger partial charge in [0.25, 0.3) is 0 Å². The molecule has 0 aliphatic carbocycles. The Morgan fingerprint density at radius 3 is 2.62 bits per heavy atom. The van der Waals surface area contributed by atoms with Gasteiger partial charge in [-0.3, -0.25) is 4.79 Å². The fourth-order valence-corrected chi connectivity index (χ4v) is 3.60. The van der Waals surface area contributed by atoms with E-state index in [0.29, 0.717) is 12.8 Å². The second kappa shape index (κ2) is 5.11. The van der Waals surface area contributed by atoms with E-state index in [4.69, 9.17) is 10.5 Å². The number of amides is 1. The highest BCUT2D eigenvalue weighted by atomic mass is 32.2. The fourth-order valence-electron chi connectivity index (χ4n) is 1.88. The van der Waals surface area contributed by atoms with Crippen LogP contribution in [-0.4, -0.2) is 50.2 Å². The Morgan fingerprint density at radius 2 is 2.19 bits per heavy atom. The molecule has 0 aromatic rings. The smallest absolute Gasteiger partial charge is 0.235 e. The maximum absolute atomic E-state index is 11.9. The van der Waals surface area contributed by atoms with Crippen LogP contribution in [0.1, 0.15) is 19.8 Å². The zero-order chi connectivity index (χ0) is 12.3. The van der Waals surface area contributed by atoms with E-state index >= 15 is 0 Å². The van der Waals surface area contributed by atoms with Crippen LogP contribution in [0.15, 0.2) is 0 Å². The van der Waals surface area contributed by atoms with E-state index in [2.05, 4.69) is 0 Å². The average Bonchev–Trinajstić information content (AvgIpc) is 2.62. The zero-order valence-electron chi connectivity index (χ0n) is 9.55. The highest BCUT2D eigenvalue weighted by molar-refractivity contribution is 7.89. The van der Waals surface area contributed by atoms with Crippen LogP contribution in [0.3, 0.4) is 0 Å². The largest absolute Gasteiger partial charge is 0.380 e. The molecule has 0 saturated carbocycles. The molecule has 1 aliphatic heterocycles. The Bertz CT molecular complexity index is 355. The van der Waals surface area contributed by atoms with Crippen molar-refractivity contribution in [2.45, 2.75) is 31.9 Å². The van der Waals surface area contributed by atoms with E-state index < -0.39 is 22.0 Å². The Labute approximate surface area is 95.8 Å². The molecule has 1 rings (SSSR count). The molecule has 0 bridgehead atoms. The van der Waals surface area contributed by atoms with Crippen molar-refractivity contribution in [2.24, 2.45) is 5.73 Å². The van der Waals surface area contributed by atoms with Crippen molar-refractivity contribution in [3.05, 3.63) is 0 Å². The van der Waals surface area contributed by atoms with Crippen LogP contribution in [-0.2, 0) is 19.6 Å². The molecule has 1 fully saturated rings. The molecule has 0 unspecified atom stereocenters. The Kier molecular flexibility index (Phi) is 4.28. The van der Waals surface area contributed by atoms with Crippen LogP contribution in [0.25, 0.3) is 0 Å². The van der Waals surface area contributed by atoms with Crippen LogP contribution in [0.2, 0.25) is 0 Å². The second-order valence-electron chi connectivity index (χ2n) is 3.90. The summed E-state index contributed by atoms with van der Waals surface area (Å²) in [5, 5.41) is 0. The molecular weight excluding hydrogens is 232 g/mol. The first kappa shape index (κ1) is 13.4. The third-order valence-electron chi connectivity index (χ3n) is 2.70. The van der Waals surface area contributed by atoms with Gasteiger partial charge in [-0.2, -0.15) is 4.31 Å². The van der Waals surface area contributed by atoms with Gasteiger partial charge in [0.2, 0.25) is 15.9 Å². The molecule has 2 atom stereocenters. The number of primary amides is 1. The summed E-state index contributed by atoms with van der Waals surface area (Å²) in [5.74, 6) is -0.577. The van der Waals surface area contributed by atoms with Crippen molar-refractivity contribution in [1.29, 1.82) is 0 Å². The minimum atomic E-state index is -3.39. The normalized spacial score (nSPS) is 27.1. The van der Waals surface area contributed by atoms with Gasteiger partial charge in [-0.1, -0.05) is 6.92 Å². The number of rotatable bonds is 5. The predicted octanol–water partition coefficient (Wildman–Crippen LogP) is -0.699. The van der Waals surface area contributed by atoms with E-state index in [1.807, 2.05) is 0 Å². The SMILES string of the molecule is CCCS(=O)(=O)N1C[C@@H](OC)C[C@H]1C(N)=O. The van der Waals surface area contributed by atoms with Crippen molar-refractivity contribution >= 4 is 15.9 Å². The summed E-state index contributed by atoms with van der Waals surface area (Å²) in [6.45, 7) is 1.99. The highest BCUT2D eigenvalue weighted by Gasteiger charge is 2.42. The van der Waals surface area contributed by atoms with Gasteiger partial charge in [0.1, 0.15) is 6.04 Å². The molecular formula is C9H18N2O4S. The van der Waals surface area contributed by atoms with Gasteiger partial charge >= 0.3 is 0 Å². The summed E-state index contributed by atoms with van der Waals surface area (Å²) < 4.78 is 30.0. The number of ether oxygens (including phenoxy) is 1. The van der Waals surface area contributed by atoms with Gasteiger partial charge in [0.05, 0.1) is 11.9 Å². The first-order chi connectivity index (χ1) is 7.42. The monoisotopic (exact) mass is 250 g/mol. The number of carbonyl (C=O) groups is 1. The first-order valence-electron chi connectivity index (χ1n) is 5.24. The summed E-state index contributed by atoms with van der Waals surface area (Å²) >= 11 is 0. The van der Waals surface area contributed by atoms with Crippen molar-refractivity contribution in [3.63, 3.8) is 0 Å². The number of methoxy groups -OCH3 is 1. The van der Waals surface area contributed by atoms with Crippen LogP contribution in [0, 0.1) is 0 Å². The van der Waals surface area contributed by atoms with E-state index in [1.54, 1.807) is 6.92 Å². The third-order valence-corrected chi connectivity index (χ3v) is 4.74. The van der Waals surface area contributed by atoms with Gasteiger partial charge in [-0.05, 0) is 6.42 Å². The summed E-state index contributed by atoms with van der Waals surface area (Å²) in [6, 6.07) is -0.763. The number of hydrogen-bond donors (Lipinski definition) is 1. The highest BCUT2D eigenvalue weighted by Crippen LogP contribution is 2.23. The number of sulfonamides is 1. The number of nitrogens with zero attached hydrogens (tertiary/aromatic N) is 1. The quantitative estimate of drug-likeness (QED) is 0.698. The zero-order valence-corrected chi connectivity index (χ0v) is 10.4. The number of carbonyl (C=O) groups excluding carboxylic acids is 1. The lowest BCUT2D eigenvalue weighted by Gasteiger charge is -2.20. The van der Waals surface area contributed by atoms with Crippen molar-refractivity contribution < 1.29 is 17.9 Å². The molecule has 0 radical (unpaired) electrons. The lowest BCUT2D eigenvalue weighted by molar-refractivity contribution is -0.121. The molecule has 1 heterocycles. The van der Waals surface area contributed by atoms with Crippen LogP contribution < -0.4 is 5.73 Å². The fraction of sp³-hybridized carbons (Fsp3) is 0.889. The van der Waals surface area contributed by atoms with E-state index in [1.165, 1.54) is 11.4 Å². The van der Waals surface area contributed by atoms with Gasteiger partial charge < -0.3 is 10.5 Å². The molecule has 0 aromatic heterocycles. The number of nitrogens with two attached hydrogens (primary N) is 1. The van der Waals surface area contributed by atoms with Crippen molar-refractivity contribution in [2.75, 3.05) is 19.4 Å². The standard InChI is InChI=1S/C9H18N2O4S/c1-3-4-16(13,14)11-6-7(15-2)5-8(11)9(10)12/h7-8H,3-6H2,1-2H3,(H2,10,12)/t7-,8-/m0/s1. The maximum atomic E-state index is 11.9. The van der Waals surface area contributed by atoms with Crippen LogP contribution in [0.4, 0.5) is 0 Å². The molecule has 1 amide bonds. The summed E-state index contributed by atoms with van der Waals surface area (Å²) in [7, 11) is -1.90. The predicted molar refractivity (Wildman–Crippen MR) is 59.2 cm³/mol. The lowest BCUT2D eigenvalue weighted by atomic mass is 10.2.